The van der Waals surface area contributed by atoms with Crippen LogP contribution in [0.5, 0.6) is 0 Å². The van der Waals surface area contributed by atoms with Gasteiger partial charge in [0.2, 0.25) is 0 Å². The zero-order valence-corrected chi connectivity index (χ0v) is 7.06. The molecule has 0 aliphatic carbocycles. The summed E-state index contributed by atoms with van der Waals surface area (Å²) in [5, 5.41) is 9.41. The Hall–Kier alpha value is -1.49. The average molecular weight is 188 g/mol. The lowest BCUT2D eigenvalue weighted by molar-refractivity contribution is 1.30. The van der Waals surface area contributed by atoms with Gasteiger partial charge in [0.25, 0.3) is 0 Å². The van der Waals surface area contributed by atoms with E-state index >= 15 is 0 Å². The van der Waals surface area contributed by atoms with E-state index in [-0.39, 0.29) is 18.4 Å². The van der Waals surface area contributed by atoms with E-state index in [4.69, 9.17) is 16.9 Å². The third kappa shape index (κ3) is 3.07. The maximum absolute atomic E-state index is 6.88. The smallest absolute Gasteiger partial charge is 0.191 e. The molecule has 0 bridgehead atoms. The van der Waals surface area contributed by atoms with E-state index in [2.05, 4.69) is 10.3 Å². The van der Waals surface area contributed by atoms with Gasteiger partial charge < -0.3 is 16.8 Å². The van der Waals surface area contributed by atoms with Crippen molar-refractivity contribution in [2.75, 3.05) is 11.1 Å². The van der Waals surface area contributed by atoms with Crippen LogP contribution in [0.2, 0.25) is 0 Å². The Bertz CT molecular complexity index is 257. The topological polar surface area (TPSA) is 101 Å². The Labute approximate surface area is 76.1 Å². The first-order valence-corrected chi connectivity index (χ1v) is 3.01. The Balaban J connectivity index is 0.00000121. The number of hydrogen-bond acceptors (Lipinski definition) is 3. The van der Waals surface area contributed by atoms with E-state index in [1.807, 2.05) is 0 Å². The minimum atomic E-state index is -0.137. The van der Waals surface area contributed by atoms with E-state index in [1.165, 1.54) is 6.20 Å². The van der Waals surface area contributed by atoms with Crippen molar-refractivity contribution in [2.45, 2.75) is 0 Å². The molecule has 12 heavy (non-hydrogen) atoms. The monoisotopic (exact) mass is 187 g/mol. The quantitative estimate of drug-likeness (QED) is 0.377. The maximum atomic E-state index is 6.88. The number of rotatable bonds is 1. The van der Waals surface area contributed by atoms with Crippen LogP contribution >= 0.6 is 12.4 Å². The molecule has 0 aromatic carbocycles. The number of aromatic nitrogens is 1. The van der Waals surface area contributed by atoms with Crippen LogP contribution in [0.3, 0.4) is 0 Å². The van der Waals surface area contributed by atoms with E-state index in [1.54, 1.807) is 12.1 Å². The molecule has 6 N–H and O–H groups in total. The first kappa shape index (κ1) is 10.5. The Morgan fingerprint density at radius 2 is 2.17 bits per heavy atom. The predicted molar refractivity (Wildman–Crippen MR) is 51.4 cm³/mol. The molecule has 1 aromatic heterocycles. The molecule has 0 saturated heterocycles. The fourth-order valence-corrected chi connectivity index (χ4v) is 0.617. The Kier molecular flexibility index (Phi) is 3.85. The van der Waals surface area contributed by atoms with Crippen LogP contribution in [0.25, 0.3) is 0 Å². The van der Waals surface area contributed by atoms with Crippen molar-refractivity contribution in [3.63, 3.8) is 0 Å². The lowest BCUT2D eigenvalue weighted by Crippen LogP contribution is -2.20. The molecule has 1 aromatic rings. The number of guanidine groups is 1. The highest BCUT2D eigenvalue weighted by Gasteiger charge is 1.92. The van der Waals surface area contributed by atoms with Gasteiger partial charge >= 0.3 is 0 Å². The van der Waals surface area contributed by atoms with Crippen molar-refractivity contribution in [3.8, 4) is 0 Å². The normalized spacial score (nSPS) is 8.33. The summed E-state index contributed by atoms with van der Waals surface area (Å²) in [6.45, 7) is 0. The third-order valence-corrected chi connectivity index (χ3v) is 1.05. The molecular formula is C6H10ClN5. The second kappa shape index (κ2) is 4.40. The summed E-state index contributed by atoms with van der Waals surface area (Å²) in [7, 11) is 0. The molecule has 1 rings (SSSR count). The molecule has 6 heteroatoms. The highest BCUT2D eigenvalue weighted by atomic mass is 35.5. The van der Waals surface area contributed by atoms with Gasteiger partial charge in [0.1, 0.15) is 5.82 Å². The molecule has 0 radical (unpaired) electrons. The lowest BCUT2D eigenvalue weighted by Gasteiger charge is -2.01. The molecular weight excluding hydrogens is 178 g/mol. The summed E-state index contributed by atoms with van der Waals surface area (Å²) < 4.78 is 0. The number of hydrogen-bond donors (Lipinski definition) is 4. The summed E-state index contributed by atoms with van der Waals surface area (Å²) >= 11 is 0. The van der Waals surface area contributed by atoms with Crippen LogP contribution in [0.1, 0.15) is 0 Å². The van der Waals surface area contributed by atoms with Gasteiger partial charge in [-0.05, 0) is 12.1 Å². The van der Waals surface area contributed by atoms with Gasteiger partial charge in [0.05, 0.1) is 11.9 Å². The number of nitrogens with one attached hydrogen (secondary N) is 2. The molecule has 5 nitrogen and oxygen atoms in total. The molecule has 0 aliphatic rings. The summed E-state index contributed by atoms with van der Waals surface area (Å²) in [6, 6.07) is 3.33. The van der Waals surface area contributed by atoms with Crippen LogP contribution in [-0.4, -0.2) is 10.9 Å². The van der Waals surface area contributed by atoms with Gasteiger partial charge in [-0.2, -0.15) is 0 Å². The van der Waals surface area contributed by atoms with Crippen LogP contribution in [-0.2, 0) is 0 Å². The lowest BCUT2D eigenvalue weighted by atomic mass is 10.4. The van der Waals surface area contributed by atoms with Crippen molar-refractivity contribution in [1.82, 2.24) is 4.98 Å². The number of anilines is 2. The highest BCUT2D eigenvalue weighted by Crippen LogP contribution is 2.04. The number of nitrogens with two attached hydrogens (primary N) is 2. The summed E-state index contributed by atoms with van der Waals surface area (Å²) in [6.07, 6.45) is 1.49. The average Bonchev–Trinajstić information content (AvgIpc) is 1.93. The van der Waals surface area contributed by atoms with Crippen LogP contribution in [0, 0.1) is 5.41 Å². The fourth-order valence-electron chi connectivity index (χ4n) is 0.617. The SMILES string of the molecule is Cl.N=C(N)Nc1ccc(N)cn1. The molecule has 1 heterocycles. The minimum Gasteiger partial charge on any atom is -0.397 e. The number of halogens is 1. The largest absolute Gasteiger partial charge is 0.397 e. The zero-order chi connectivity index (χ0) is 8.27. The second-order valence-electron chi connectivity index (χ2n) is 2.02. The second-order valence-corrected chi connectivity index (χ2v) is 2.02. The van der Waals surface area contributed by atoms with Gasteiger partial charge in [-0.1, -0.05) is 0 Å². The third-order valence-electron chi connectivity index (χ3n) is 1.05. The van der Waals surface area contributed by atoms with Crippen LogP contribution < -0.4 is 16.8 Å². The molecule has 0 atom stereocenters. The number of pyridine rings is 1. The highest BCUT2D eigenvalue weighted by molar-refractivity contribution is 5.88. The van der Waals surface area contributed by atoms with E-state index in [0.29, 0.717) is 11.5 Å². The first-order chi connectivity index (χ1) is 5.18. The van der Waals surface area contributed by atoms with E-state index in [9.17, 15) is 0 Å². The van der Waals surface area contributed by atoms with E-state index in [0.717, 1.165) is 0 Å². The van der Waals surface area contributed by atoms with Crippen molar-refractivity contribution < 1.29 is 0 Å². The van der Waals surface area contributed by atoms with Crippen LogP contribution in [0.4, 0.5) is 11.5 Å². The van der Waals surface area contributed by atoms with Gasteiger partial charge in [-0.15, -0.1) is 12.4 Å². The van der Waals surface area contributed by atoms with E-state index < -0.39 is 0 Å². The zero-order valence-electron chi connectivity index (χ0n) is 6.24. The summed E-state index contributed by atoms with van der Waals surface area (Å²) in [4.78, 5) is 3.86. The van der Waals surface area contributed by atoms with Gasteiger partial charge in [0, 0.05) is 0 Å². The molecule has 0 amide bonds. The summed E-state index contributed by atoms with van der Waals surface area (Å²) in [5.41, 5.74) is 11.0. The first-order valence-electron chi connectivity index (χ1n) is 3.01. The van der Waals surface area contributed by atoms with Crippen molar-refractivity contribution in [2.24, 2.45) is 5.73 Å². The summed E-state index contributed by atoms with van der Waals surface area (Å²) in [5.74, 6) is 0.383. The fraction of sp³-hybridized carbons (Fsp3) is 0. The Morgan fingerprint density at radius 3 is 2.58 bits per heavy atom. The predicted octanol–water partition coefficient (Wildman–Crippen LogP) is 0.391. The molecule has 0 spiro atoms. The molecule has 0 unspecified atom stereocenters. The van der Waals surface area contributed by atoms with Gasteiger partial charge in [0.15, 0.2) is 5.96 Å². The number of nitrogen functional groups attached to an aromatic ring is 1. The number of nitrogens with zero attached hydrogens (tertiary/aromatic N) is 1. The standard InChI is InChI=1S/C6H9N5.ClH/c7-4-1-2-5(10-3-4)11-6(8)9;/h1-3H,7H2,(H4,8,9,10,11);1H. The van der Waals surface area contributed by atoms with Crippen molar-refractivity contribution >= 4 is 29.9 Å². The van der Waals surface area contributed by atoms with Crippen LogP contribution in [0.15, 0.2) is 18.3 Å². The van der Waals surface area contributed by atoms with Crippen molar-refractivity contribution in [1.29, 1.82) is 5.41 Å². The molecule has 0 aliphatic heterocycles. The minimum absolute atomic E-state index is 0. The maximum Gasteiger partial charge on any atom is 0.191 e. The van der Waals surface area contributed by atoms with Gasteiger partial charge in [-0.3, -0.25) is 5.41 Å². The molecule has 0 fully saturated rings. The Morgan fingerprint density at radius 1 is 1.50 bits per heavy atom. The molecule has 66 valence electrons. The molecule has 0 saturated carbocycles. The van der Waals surface area contributed by atoms with Crippen molar-refractivity contribution in [3.05, 3.63) is 18.3 Å². The van der Waals surface area contributed by atoms with Gasteiger partial charge in [-0.25, -0.2) is 4.98 Å².